The lowest BCUT2D eigenvalue weighted by Crippen LogP contribution is -2.56. The van der Waals surface area contributed by atoms with Crippen LogP contribution in [0.15, 0.2) is 0 Å². The van der Waals surface area contributed by atoms with Crippen LogP contribution in [0, 0.1) is 0 Å². The zero-order valence-corrected chi connectivity index (χ0v) is 7.03. The molecule has 0 bridgehead atoms. The fourth-order valence-corrected chi connectivity index (χ4v) is 1.28. The molecule has 0 aliphatic carbocycles. The highest BCUT2D eigenvalue weighted by atomic mass is 16.4. The van der Waals surface area contributed by atoms with E-state index in [0.29, 0.717) is 19.6 Å². The summed E-state index contributed by atoms with van der Waals surface area (Å²) in [6.45, 7) is 3.14. The smallest absolute Gasteiger partial charge is 0.407 e. The summed E-state index contributed by atoms with van der Waals surface area (Å²) < 4.78 is 0. The van der Waals surface area contributed by atoms with Gasteiger partial charge in [0.15, 0.2) is 0 Å². The van der Waals surface area contributed by atoms with Gasteiger partial charge in [-0.1, -0.05) is 0 Å². The average molecular weight is 174 g/mol. The van der Waals surface area contributed by atoms with Crippen LogP contribution in [0.4, 0.5) is 4.79 Å². The molecule has 0 spiro atoms. The van der Waals surface area contributed by atoms with Gasteiger partial charge in [-0.05, 0) is 6.92 Å². The molecule has 1 saturated heterocycles. The summed E-state index contributed by atoms with van der Waals surface area (Å²) in [5.41, 5.74) is 0. The third-order valence-corrected chi connectivity index (χ3v) is 2.06. The fraction of sp³-hybridized carbons (Fsp3) is 0.857. The van der Waals surface area contributed by atoms with Crippen LogP contribution in [0.1, 0.15) is 6.92 Å². The molecule has 1 aliphatic rings. The van der Waals surface area contributed by atoms with Crippen LogP contribution in [0.25, 0.3) is 0 Å². The SMILES string of the molecule is CC(O)[C@@H]1CN(C(=O)O)CCN1. The van der Waals surface area contributed by atoms with Crippen molar-refractivity contribution >= 4 is 6.09 Å². The maximum atomic E-state index is 10.5. The highest BCUT2D eigenvalue weighted by Gasteiger charge is 2.25. The van der Waals surface area contributed by atoms with E-state index in [4.69, 9.17) is 5.11 Å². The largest absolute Gasteiger partial charge is 0.465 e. The molecule has 70 valence electrons. The number of nitrogens with one attached hydrogen (secondary N) is 1. The van der Waals surface area contributed by atoms with Crippen molar-refractivity contribution in [2.24, 2.45) is 0 Å². The Morgan fingerprint density at radius 3 is 2.92 bits per heavy atom. The number of nitrogens with zero attached hydrogens (tertiary/aromatic N) is 1. The molecule has 5 nitrogen and oxygen atoms in total. The minimum absolute atomic E-state index is 0.130. The molecule has 2 atom stereocenters. The number of carbonyl (C=O) groups is 1. The standard InChI is InChI=1S/C7H14N2O3/c1-5(10)6-4-9(7(11)12)3-2-8-6/h5-6,8,10H,2-4H2,1H3,(H,11,12)/t5?,6-/m0/s1. The van der Waals surface area contributed by atoms with Gasteiger partial charge in [0.2, 0.25) is 0 Å². The van der Waals surface area contributed by atoms with Crippen LogP contribution in [0.2, 0.25) is 0 Å². The minimum atomic E-state index is -0.915. The van der Waals surface area contributed by atoms with Crippen molar-refractivity contribution in [2.75, 3.05) is 19.6 Å². The van der Waals surface area contributed by atoms with E-state index in [2.05, 4.69) is 5.32 Å². The zero-order valence-electron chi connectivity index (χ0n) is 7.03. The Bertz CT molecular complexity index is 172. The van der Waals surface area contributed by atoms with Crippen LogP contribution in [-0.4, -0.2) is 53.0 Å². The fourth-order valence-electron chi connectivity index (χ4n) is 1.28. The van der Waals surface area contributed by atoms with Gasteiger partial charge in [0.25, 0.3) is 0 Å². The van der Waals surface area contributed by atoms with Gasteiger partial charge in [-0.2, -0.15) is 0 Å². The number of rotatable bonds is 1. The lowest BCUT2D eigenvalue weighted by Gasteiger charge is -2.33. The summed E-state index contributed by atoms with van der Waals surface area (Å²) in [5, 5.41) is 20.9. The van der Waals surface area contributed by atoms with Gasteiger partial charge in [0.1, 0.15) is 0 Å². The molecular formula is C7H14N2O3. The second-order valence-corrected chi connectivity index (χ2v) is 3.03. The molecule has 1 rings (SSSR count). The quantitative estimate of drug-likeness (QED) is 0.492. The van der Waals surface area contributed by atoms with Gasteiger partial charge in [0, 0.05) is 19.6 Å². The maximum absolute atomic E-state index is 10.5. The summed E-state index contributed by atoms with van der Waals surface area (Å²) >= 11 is 0. The molecule has 1 fully saturated rings. The van der Waals surface area contributed by atoms with E-state index in [1.165, 1.54) is 4.90 Å². The first-order valence-corrected chi connectivity index (χ1v) is 4.00. The van der Waals surface area contributed by atoms with Crippen molar-refractivity contribution in [2.45, 2.75) is 19.1 Å². The topological polar surface area (TPSA) is 72.8 Å². The third-order valence-electron chi connectivity index (χ3n) is 2.06. The van der Waals surface area contributed by atoms with Crippen LogP contribution >= 0.6 is 0 Å². The van der Waals surface area contributed by atoms with E-state index in [-0.39, 0.29) is 6.04 Å². The Morgan fingerprint density at radius 2 is 2.42 bits per heavy atom. The van der Waals surface area contributed by atoms with E-state index in [1.54, 1.807) is 6.92 Å². The first-order chi connectivity index (χ1) is 5.61. The maximum Gasteiger partial charge on any atom is 0.407 e. The Kier molecular flexibility index (Phi) is 2.88. The highest BCUT2D eigenvalue weighted by molar-refractivity contribution is 5.65. The first-order valence-electron chi connectivity index (χ1n) is 4.00. The van der Waals surface area contributed by atoms with Crippen molar-refractivity contribution in [3.63, 3.8) is 0 Å². The van der Waals surface area contributed by atoms with Crippen molar-refractivity contribution in [1.29, 1.82) is 0 Å². The lowest BCUT2D eigenvalue weighted by atomic mass is 10.1. The van der Waals surface area contributed by atoms with Gasteiger partial charge in [-0.25, -0.2) is 4.79 Å². The molecule has 0 aromatic rings. The predicted octanol–water partition coefficient (Wildman–Crippen LogP) is -0.681. The molecule has 1 heterocycles. The molecule has 0 aromatic heterocycles. The second kappa shape index (κ2) is 3.73. The Labute approximate surface area is 71.0 Å². The van der Waals surface area contributed by atoms with E-state index >= 15 is 0 Å². The van der Waals surface area contributed by atoms with E-state index in [9.17, 15) is 9.90 Å². The van der Waals surface area contributed by atoms with Gasteiger partial charge < -0.3 is 20.4 Å². The normalized spacial score (nSPS) is 26.8. The van der Waals surface area contributed by atoms with Gasteiger partial charge >= 0.3 is 6.09 Å². The Morgan fingerprint density at radius 1 is 1.75 bits per heavy atom. The molecule has 1 amide bonds. The molecule has 12 heavy (non-hydrogen) atoms. The molecule has 1 unspecified atom stereocenters. The summed E-state index contributed by atoms with van der Waals surface area (Å²) in [5.74, 6) is 0. The number of carboxylic acid groups (broad SMARTS) is 1. The molecule has 3 N–H and O–H groups in total. The number of hydrogen-bond acceptors (Lipinski definition) is 3. The Balaban J connectivity index is 2.46. The minimum Gasteiger partial charge on any atom is -0.465 e. The van der Waals surface area contributed by atoms with Crippen molar-refractivity contribution in [3.8, 4) is 0 Å². The molecule has 5 heteroatoms. The van der Waals surface area contributed by atoms with Crippen molar-refractivity contribution < 1.29 is 15.0 Å². The van der Waals surface area contributed by atoms with Crippen LogP contribution < -0.4 is 5.32 Å². The number of aliphatic hydroxyl groups excluding tert-OH is 1. The van der Waals surface area contributed by atoms with Gasteiger partial charge in [-0.15, -0.1) is 0 Å². The number of hydrogen-bond donors (Lipinski definition) is 3. The van der Waals surface area contributed by atoms with E-state index < -0.39 is 12.2 Å². The third kappa shape index (κ3) is 2.09. The number of amides is 1. The predicted molar refractivity (Wildman–Crippen MR) is 43.1 cm³/mol. The van der Waals surface area contributed by atoms with Crippen molar-refractivity contribution in [3.05, 3.63) is 0 Å². The molecule has 0 aromatic carbocycles. The van der Waals surface area contributed by atoms with Crippen LogP contribution in [0.5, 0.6) is 0 Å². The summed E-state index contributed by atoms with van der Waals surface area (Å²) in [7, 11) is 0. The molecule has 0 radical (unpaired) electrons. The molecular weight excluding hydrogens is 160 g/mol. The summed E-state index contributed by atoms with van der Waals surface area (Å²) in [6.07, 6.45) is -1.42. The van der Waals surface area contributed by atoms with Gasteiger partial charge in [0.05, 0.1) is 12.1 Å². The first kappa shape index (κ1) is 9.28. The lowest BCUT2D eigenvalue weighted by molar-refractivity contribution is 0.0844. The number of piperazine rings is 1. The molecule has 1 aliphatic heterocycles. The van der Waals surface area contributed by atoms with Crippen LogP contribution in [-0.2, 0) is 0 Å². The Hall–Kier alpha value is -0.810. The van der Waals surface area contributed by atoms with Crippen LogP contribution in [0.3, 0.4) is 0 Å². The van der Waals surface area contributed by atoms with E-state index in [0.717, 1.165) is 0 Å². The summed E-state index contributed by atoms with van der Waals surface area (Å²) in [6, 6.07) is -0.130. The zero-order chi connectivity index (χ0) is 9.14. The number of aliphatic hydroxyl groups is 1. The average Bonchev–Trinajstić information content (AvgIpc) is 2.04. The van der Waals surface area contributed by atoms with Gasteiger partial charge in [-0.3, -0.25) is 0 Å². The second-order valence-electron chi connectivity index (χ2n) is 3.03. The van der Waals surface area contributed by atoms with E-state index in [1.807, 2.05) is 0 Å². The summed E-state index contributed by atoms with van der Waals surface area (Å²) in [4.78, 5) is 11.9. The van der Waals surface area contributed by atoms with Crippen molar-refractivity contribution in [1.82, 2.24) is 10.2 Å². The monoisotopic (exact) mass is 174 g/mol. The molecule has 0 saturated carbocycles. The highest BCUT2D eigenvalue weighted by Crippen LogP contribution is 2.02.